The highest BCUT2D eigenvalue weighted by atomic mass is 35.5. The fraction of sp³-hybridized carbons (Fsp3) is 0.529. The van der Waals surface area contributed by atoms with Gasteiger partial charge in [-0.2, -0.15) is 0 Å². The summed E-state index contributed by atoms with van der Waals surface area (Å²) in [5.41, 5.74) is 1.19. The monoisotopic (exact) mass is 364 g/mol. The summed E-state index contributed by atoms with van der Waals surface area (Å²) in [6.45, 7) is 13.6. The Morgan fingerprint density at radius 2 is 1.87 bits per heavy atom. The highest BCUT2D eigenvalue weighted by Crippen LogP contribution is 2.27. The second-order valence-corrected chi connectivity index (χ2v) is 4.79. The first-order chi connectivity index (χ1) is 10.2. The topological polar surface area (TPSA) is 33.7 Å². The van der Waals surface area contributed by atoms with E-state index in [1.807, 2.05) is 12.1 Å². The number of hydrogen-bond donors (Lipinski definition) is 1. The molecule has 4 nitrogen and oxygen atoms in total. The van der Waals surface area contributed by atoms with Gasteiger partial charge in [0.05, 0.1) is 7.11 Å². The van der Waals surface area contributed by atoms with Gasteiger partial charge in [0.15, 0.2) is 11.5 Å². The molecule has 1 N–H and O–H groups in total. The van der Waals surface area contributed by atoms with Crippen LogP contribution in [0.5, 0.6) is 11.5 Å². The standard InChI is InChI=1S/C17H28N2O2.2ClH/c1-5-12-21-16-9-8-15(13-17(16)20-4)14-18-10-11-19(6-2)7-3;;/h5,8-9,13,18H,1,6-7,10-12,14H2,2-4H3;2*1H. The van der Waals surface area contributed by atoms with E-state index < -0.39 is 0 Å². The maximum Gasteiger partial charge on any atom is 0.161 e. The number of nitrogens with zero attached hydrogens (tertiary/aromatic N) is 1. The fourth-order valence-electron chi connectivity index (χ4n) is 2.10. The average Bonchev–Trinajstić information content (AvgIpc) is 2.53. The molecule has 23 heavy (non-hydrogen) atoms. The number of likely N-dealkylation sites (N-methyl/N-ethyl adjacent to an activating group) is 1. The van der Waals surface area contributed by atoms with Crippen molar-refractivity contribution in [2.24, 2.45) is 0 Å². The van der Waals surface area contributed by atoms with Crippen molar-refractivity contribution in [3.8, 4) is 11.5 Å². The van der Waals surface area contributed by atoms with Crippen molar-refractivity contribution in [2.45, 2.75) is 20.4 Å². The molecule has 0 aliphatic carbocycles. The van der Waals surface area contributed by atoms with E-state index >= 15 is 0 Å². The summed E-state index contributed by atoms with van der Waals surface area (Å²) >= 11 is 0. The molecule has 0 radical (unpaired) electrons. The number of halogens is 2. The highest BCUT2D eigenvalue weighted by molar-refractivity contribution is 5.85. The number of hydrogen-bond acceptors (Lipinski definition) is 4. The molecule has 1 aromatic carbocycles. The van der Waals surface area contributed by atoms with Crippen LogP contribution < -0.4 is 14.8 Å². The van der Waals surface area contributed by atoms with Gasteiger partial charge in [0.25, 0.3) is 0 Å². The van der Waals surface area contributed by atoms with Crippen molar-refractivity contribution in [1.82, 2.24) is 10.2 Å². The zero-order valence-corrected chi connectivity index (χ0v) is 16.0. The highest BCUT2D eigenvalue weighted by Gasteiger charge is 2.05. The molecule has 0 saturated heterocycles. The molecule has 0 heterocycles. The van der Waals surface area contributed by atoms with Gasteiger partial charge in [-0.1, -0.05) is 32.6 Å². The van der Waals surface area contributed by atoms with E-state index in [2.05, 4.69) is 36.7 Å². The van der Waals surface area contributed by atoms with Crippen LogP contribution >= 0.6 is 24.8 Å². The number of nitrogens with one attached hydrogen (secondary N) is 1. The first kappa shape index (κ1) is 24.3. The molecule has 0 spiro atoms. The second kappa shape index (κ2) is 14.6. The van der Waals surface area contributed by atoms with Crippen LogP contribution in [-0.2, 0) is 6.54 Å². The Bertz CT molecular complexity index is 427. The van der Waals surface area contributed by atoms with Crippen molar-refractivity contribution in [1.29, 1.82) is 0 Å². The molecule has 0 aliphatic rings. The zero-order chi connectivity index (χ0) is 15.5. The summed E-state index contributed by atoms with van der Waals surface area (Å²) in [6.07, 6.45) is 1.72. The third-order valence-electron chi connectivity index (χ3n) is 3.41. The van der Waals surface area contributed by atoms with Gasteiger partial charge in [-0.05, 0) is 30.8 Å². The Morgan fingerprint density at radius 1 is 1.17 bits per heavy atom. The zero-order valence-electron chi connectivity index (χ0n) is 14.3. The van der Waals surface area contributed by atoms with Crippen LogP contribution in [0.3, 0.4) is 0 Å². The molecular weight excluding hydrogens is 335 g/mol. The van der Waals surface area contributed by atoms with Crippen molar-refractivity contribution in [3.05, 3.63) is 36.4 Å². The third-order valence-corrected chi connectivity index (χ3v) is 3.41. The lowest BCUT2D eigenvalue weighted by Crippen LogP contribution is -2.31. The van der Waals surface area contributed by atoms with Crippen LogP contribution in [0.1, 0.15) is 19.4 Å². The largest absolute Gasteiger partial charge is 0.493 e. The van der Waals surface area contributed by atoms with E-state index in [1.54, 1.807) is 13.2 Å². The molecular formula is C17H30Cl2N2O2. The normalized spacial score (nSPS) is 9.74. The summed E-state index contributed by atoms with van der Waals surface area (Å²) < 4.78 is 10.9. The Balaban J connectivity index is 0. The molecule has 0 amide bonds. The van der Waals surface area contributed by atoms with Crippen molar-refractivity contribution < 1.29 is 9.47 Å². The molecule has 134 valence electrons. The van der Waals surface area contributed by atoms with E-state index in [9.17, 15) is 0 Å². The van der Waals surface area contributed by atoms with Gasteiger partial charge in [-0.3, -0.25) is 0 Å². The third kappa shape index (κ3) is 9.06. The molecule has 0 bridgehead atoms. The van der Waals surface area contributed by atoms with Crippen molar-refractivity contribution in [2.75, 3.05) is 39.9 Å². The van der Waals surface area contributed by atoms with Crippen LogP contribution in [0, 0.1) is 0 Å². The van der Waals surface area contributed by atoms with Crippen LogP contribution in [-0.4, -0.2) is 44.8 Å². The molecule has 0 fully saturated rings. The summed E-state index contributed by atoms with van der Waals surface area (Å²) in [4.78, 5) is 2.40. The molecule has 1 aromatic rings. The lowest BCUT2D eigenvalue weighted by Gasteiger charge is -2.18. The smallest absolute Gasteiger partial charge is 0.161 e. The lowest BCUT2D eigenvalue weighted by atomic mass is 10.2. The summed E-state index contributed by atoms with van der Waals surface area (Å²) in [5.74, 6) is 1.52. The molecule has 0 saturated carbocycles. The summed E-state index contributed by atoms with van der Waals surface area (Å²) in [5, 5.41) is 3.46. The Morgan fingerprint density at radius 3 is 2.43 bits per heavy atom. The van der Waals surface area contributed by atoms with Gasteiger partial charge >= 0.3 is 0 Å². The summed E-state index contributed by atoms with van der Waals surface area (Å²) in [7, 11) is 1.66. The minimum absolute atomic E-state index is 0. The van der Waals surface area contributed by atoms with Gasteiger partial charge in [0.1, 0.15) is 6.61 Å². The Kier molecular flexibility index (Phi) is 15.5. The molecule has 0 aliphatic heterocycles. The summed E-state index contributed by atoms with van der Waals surface area (Å²) in [6, 6.07) is 6.03. The van der Waals surface area contributed by atoms with Crippen LogP contribution in [0.25, 0.3) is 0 Å². The van der Waals surface area contributed by atoms with E-state index in [1.165, 1.54) is 5.56 Å². The first-order valence-electron chi connectivity index (χ1n) is 7.58. The predicted octanol–water partition coefficient (Wildman–Crippen LogP) is 3.54. The maximum atomic E-state index is 5.55. The number of ether oxygens (including phenoxy) is 2. The van der Waals surface area contributed by atoms with Crippen LogP contribution in [0.2, 0.25) is 0 Å². The predicted molar refractivity (Wildman–Crippen MR) is 103 cm³/mol. The van der Waals surface area contributed by atoms with Crippen molar-refractivity contribution in [3.63, 3.8) is 0 Å². The van der Waals surface area contributed by atoms with E-state index in [4.69, 9.17) is 9.47 Å². The first-order valence-corrected chi connectivity index (χ1v) is 7.58. The van der Waals surface area contributed by atoms with Gasteiger partial charge in [0, 0.05) is 19.6 Å². The molecule has 6 heteroatoms. The minimum Gasteiger partial charge on any atom is -0.493 e. The minimum atomic E-state index is 0. The van der Waals surface area contributed by atoms with E-state index in [0.717, 1.165) is 44.2 Å². The number of methoxy groups -OCH3 is 1. The van der Waals surface area contributed by atoms with Gasteiger partial charge in [-0.15, -0.1) is 24.8 Å². The SMILES string of the molecule is C=CCOc1ccc(CNCCN(CC)CC)cc1OC.Cl.Cl. The number of benzene rings is 1. The van der Waals surface area contributed by atoms with Gasteiger partial charge < -0.3 is 19.7 Å². The second-order valence-electron chi connectivity index (χ2n) is 4.79. The molecule has 0 atom stereocenters. The number of rotatable bonds is 11. The quantitative estimate of drug-likeness (QED) is 0.481. The Labute approximate surface area is 153 Å². The Hall–Kier alpha value is -0.940. The molecule has 0 aromatic heterocycles. The lowest BCUT2D eigenvalue weighted by molar-refractivity contribution is 0.302. The average molecular weight is 365 g/mol. The maximum absolute atomic E-state index is 5.55. The fourth-order valence-corrected chi connectivity index (χ4v) is 2.10. The van der Waals surface area contributed by atoms with Gasteiger partial charge in [0.2, 0.25) is 0 Å². The van der Waals surface area contributed by atoms with Gasteiger partial charge in [-0.25, -0.2) is 0 Å². The van der Waals surface area contributed by atoms with E-state index in [-0.39, 0.29) is 24.8 Å². The van der Waals surface area contributed by atoms with Crippen LogP contribution in [0.4, 0.5) is 0 Å². The molecule has 1 rings (SSSR count). The molecule has 0 unspecified atom stereocenters. The van der Waals surface area contributed by atoms with E-state index in [0.29, 0.717) is 6.61 Å². The van der Waals surface area contributed by atoms with Crippen molar-refractivity contribution >= 4 is 24.8 Å². The van der Waals surface area contributed by atoms with Crippen LogP contribution in [0.15, 0.2) is 30.9 Å².